The van der Waals surface area contributed by atoms with Gasteiger partial charge < -0.3 is 5.32 Å². The number of amides is 1. The third-order valence-electron chi connectivity index (χ3n) is 3.55. The molecule has 0 aromatic heterocycles. The van der Waals surface area contributed by atoms with Crippen LogP contribution in [0.3, 0.4) is 0 Å². The van der Waals surface area contributed by atoms with Crippen LogP contribution in [0.25, 0.3) is 0 Å². The van der Waals surface area contributed by atoms with E-state index in [-0.39, 0.29) is 17.2 Å². The highest BCUT2D eigenvalue weighted by Gasteiger charge is 2.25. The average Bonchev–Trinajstić information content (AvgIpc) is 3.14. The lowest BCUT2D eigenvalue weighted by Gasteiger charge is -2.14. The lowest BCUT2D eigenvalue weighted by molar-refractivity contribution is 0.0937. The molecule has 1 aromatic carbocycles. The number of sulfonamides is 1. The maximum absolute atomic E-state index is 13.8. The van der Waals surface area contributed by atoms with Gasteiger partial charge in [0, 0.05) is 11.6 Å². The molecule has 21 heavy (non-hydrogen) atoms. The fraction of sp³-hybridized carbons (Fsp3) is 0.500. The van der Waals surface area contributed by atoms with Gasteiger partial charge in [-0.2, -0.15) is 0 Å². The monoisotopic (exact) mass is 314 g/mol. The second kappa shape index (κ2) is 5.73. The van der Waals surface area contributed by atoms with Crippen LogP contribution in [0.2, 0.25) is 0 Å². The molecule has 0 aliphatic heterocycles. The molecule has 116 valence electrons. The summed E-state index contributed by atoms with van der Waals surface area (Å²) in [5.41, 5.74) is 0.169. The van der Waals surface area contributed by atoms with Crippen molar-refractivity contribution in [2.24, 2.45) is 11.1 Å². The number of carbonyl (C=O) groups excluding carboxylic acids is 1. The van der Waals surface area contributed by atoms with Crippen molar-refractivity contribution >= 4 is 15.9 Å². The fourth-order valence-electron chi connectivity index (χ4n) is 2.29. The van der Waals surface area contributed by atoms with Crippen LogP contribution in [0.1, 0.15) is 42.1 Å². The lowest BCUT2D eigenvalue weighted by atomic mass is 10.1. The van der Waals surface area contributed by atoms with Crippen LogP contribution in [0.4, 0.5) is 4.39 Å². The van der Waals surface area contributed by atoms with Gasteiger partial charge >= 0.3 is 0 Å². The fourth-order valence-corrected chi connectivity index (χ4v) is 3.00. The number of nitrogens with two attached hydrogens (primary N) is 1. The molecule has 0 bridgehead atoms. The summed E-state index contributed by atoms with van der Waals surface area (Å²) in [7, 11) is -4.20. The van der Waals surface area contributed by atoms with Crippen LogP contribution in [0.5, 0.6) is 0 Å². The molecule has 3 N–H and O–H groups in total. The van der Waals surface area contributed by atoms with E-state index >= 15 is 0 Å². The number of hydrogen-bond donors (Lipinski definition) is 2. The standard InChI is InChI=1S/C14H19FN2O3S/c1-8-5-11(7-12(13(8)15)21(16,19)20)14(18)17-9(2)6-10-3-4-10/h5,7,9-10H,3-4,6H2,1-2H3,(H,17,18)(H2,16,19,20). The number of hydrogen-bond acceptors (Lipinski definition) is 3. The highest BCUT2D eigenvalue weighted by molar-refractivity contribution is 7.89. The summed E-state index contributed by atoms with van der Waals surface area (Å²) in [6.07, 6.45) is 3.27. The maximum Gasteiger partial charge on any atom is 0.251 e. The van der Waals surface area contributed by atoms with Crippen LogP contribution >= 0.6 is 0 Å². The van der Waals surface area contributed by atoms with Crippen molar-refractivity contribution in [3.8, 4) is 0 Å². The smallest absolute Gasteiger partial charge is 0.251 e. The van der Waals surface area contributed by atoms with Crippen molar-refractivity contribution in [3.63, 3.8) is 0 Å². The predicted octanol–water partition coefficient (Wildman–Crippen LogP) is 1.70. The molecule has 1 atom stereocenters. The molecule has 0 spiro atoms. The molecular formula is C14H19FN2O3S. The van der Waals surface area contributed by atoms with Gasteiger partial charge in [0.15, 0.2) is 0 Å². The molecule has 2 rings (SSSR count). The molecule has 0 heterocycles. The van der Waals surface area contributed by atoms with Gasteiger partial charge in [0.1, 0.15) is 10.7 Å². The van der Waals surface area contributed by atoms with Crippen molar-refractivity contribution in [1.82, 2.24) is 5.32 Å². The van der Waals surface area contributed by atoms with Gasteiger partial charge in [0.05, 0.1) is 0 Å². The zero-order valence-electron chi connectivity index (χ0n) is 12.0. The Bertz CT molecular complexity index is 669. The van der Waals surface area contributed by atoms with E-state index in [9.17, 15) is 17.6 Å². The second-order valence-corrected chi connectivity index (χ2v) is 7.23. The van der Waals surface area contributed by atoms with Gasteiger partial charge in [-0.05, 0) is 43.9 Å². The molecule has 1 aliphatic carbocycles. The number of aryl methyl sites for hydroxylation is 1. The molecular weight excluding hydrogens is 295 g/mol. The van der Waals surface area contributed by atoms with Crippen LogP contribution in [-0.4, -0.2) is 20.4 Å². The third-order valence-corrected chi connectivity index (χ3v) is 4.46. The topological polar surface area (TPSA) is 89.3 Å². The maximum atomic E-state index is 13.8. The average molecular weight is 314 g/mol. The van der Waals surface area contributed by atoms with Crippen LogP contribution in [0, 0.1) is 18.7 Å². The molecule has 1 fully saturated rings. The van der Waals surface area contributed by atoms with Crippen molar-refractivity contribution in [2.75, 3.05) is 0 Å². The van der Waals surface area contributed by atoms with Crippen molar-refractivity contribution in [3.05, 3.63) is 29.1 Å². The quantitative estimate of drug-likeness (QED) is 0.867. The molecule has 1 aliphatic rings. The lowest BCUT2D eigenvalue weighted by Crippen LogP contribution is -2.33. The van der Waals surface area contributed by atoms with Gasteiger partial charge in [0.25, 0.3) is 5.91 Å². The van der Waals surface area contributed by atoms with Gasteiger partial charge in [-0.1, -0.05) is 12.8 Å². The Labute approximate surface area is 123 Å². The third kappa shape index (κ3) is 4.01. The van der Waals surface area contributed by atoms with E-state index in [4.69, 9.17) is 5.14 Å². The number of carbonyl (C=O) groups is 1. The van der Waals surface area contributed by atoms with Crippen LogP contribution < -0.4 is 10.5 Å². The Kier molecular flexibility index (Phi) is 4.34. The number of rotatable bonds is 5. The first-order valence-electron chi connectivity index (χ1n) is 6.82. The van der Waals surface area contributed by atoms with E-state index in [0.29, 0.717) is 5.92 Å². The Morgan fingerprint density at radius 1 is 1.48 bits per heavy atom. The van der Waals surface area contributed by atoms with E-state index in [0.717, 1.165) is 12.5 Å². The summed E-state index contributed by atoms with van der Waals surface area (Å²) in [6, 6.07) is 2.30. The van der Waals surface area contributed by atoms with E-state index in [1.165, 1.54) is 25.8 Å². The summed E-state index contributed by atoms with van der Waals surface area (Å²) < 4.78 is 36.5. The highest BCUT2D eigenvalue weighted by atomic mass is 32.2. The van der Waals surface area contributed by atoms with E-state index in [2.05, 4.69) is 5.32 Å². The Morgan fingerprint density at radius 3 is 2.62 bits per heavy atom. The minimum absolute atomic E-state index is 0.00621. The second-order valence-electron chi connectivity index (χ2n) is 5.70. The molecule has 1 saturated carbocycles. The van der Waals surface area contributed by atoms with E-state index in [1.54, 1.807) is 0 Å². The number of primary sulfonamides is 1. The number of nitrogens with one attached hydrogen (secondary N) is 1. The molecule has 7 heteroatoms. The largest absolute Gasteiger partial charge is 0.350 e. The van der Waals surface area contributed by atoms with Gasteiger partial charge in [-0.15, -0.1) is 0 Å². The molecule has 0 radical (unpaired) electrons. The van der Waals surface area contributed by atoms with E-state index in [1.807, 2.05) is 6.92 Å². The first-order chi connectivity index (χ1) is 9.68. The summed E-state index contributed by atoms with van der Waals surface area (Å²) >= 11 is 0. The first kappa shape index (κ1) is 15.9. The summed E-state index contributed by atoms with van der Waals surface area (Å²) in [5.74, 6) is -0.675. The SMILES string of the molecule is Cc1cc(C(=O)NC(C)CC2CC2)cc(S(N)(=O)=O)c1F. The Hall–Kier alpha value is -1.47. The van der Waals surface area contributed by atoms with Crippen molar-refractivity contribution in [2.45, 2.75) is 44.0 Å². The zero-order chi connectivity index (χ0) is 15.8. The molecule has 0 saturated heterocycles. The summed E-state index contributed by atoms with van der Waals surface area (Å²) in [5, 5.41) is 7.77. The predicted molar refractivity (Wildman–Crippen MR) is 76.8 cm³/mol. The number of benzene rings is 1. The van der Waals surface area contributed by atoms with Gasteiger partial charge in [-0.25, -0.2) is 17.9 Å². The summed E-state index contributed by atoms with van der Waals surface area (Å²) in [6.45, 7) is 3.29. The normalized spacial score (nSPS) is 16.6. The van der Waals surface area contributed by atoms with Crippen molar-refractivity contribution < 1.29 is 17.6 Å². The highest BCUT2D eigenvalue weighted by Crippen LogP contribution is 2.33. The minimum Gasteiger partial charge on any atom is -0.350 e. The Morgan fingerprint density at radius 2 is 2.10 bits per heavy atom. The zero-order valence-corrected chi connectivity index (χ0v) is 12.8. The van der Waals surface area contributed by atoms with Gasteiger partial charge in [0.2, 0.25) is 10.0 Å². The molecule has 1 unspecified atom stereocenters. The van der Waals surface area contributed by atoms with Crippen LogP contribution in [0.15, 0.2) is 17.0 Å². The number of halogens is 1. The van der Waals surface area contributed by atoms with Crippen molar-refractivity contribution in [1.29, 1.82) is 0 Å². The first-order valence-corrected chi connectivity index (χ1v) is 8.37. The van der Waals surface area contributed by atoms with Gasteiger partial charge in [-0.3, -0.25) is 4.79 Å². The summed E-state index contributed by atoms with van der Waals surface area (Å²) in [4.78, 5) is 11.5. The Balaban J connectivity index is 2.22. The minimum atomic E-state index is -4.20. The molecule has 5 nitrogen and oxygen atoms in total. The molecule has 1 amide bonds. The molecule has 1 aromatic rings. The van der Waals surface area contributed by atoms with Crippen LogP contribution in [-0.2, 0) is 10.0 Å². The van der Waals surface area contributed by atoms with E-state index < -0.39 is 26.6 Å².